The minimum Gasteiger partial charge on any atom is -0.497 e. The van der Waals surface area contributed by atoms with Crippen molar-refractivity contribution in [2.45, 2.75) is 17.7 Å². The molecule has 1 heterocycles. The highest BCUT2D eigenvalue weighted by Crippen LogP contribution is 2.26. The first-order chi connectivity index (χ1) is 10.7. The molecule has 1 N–H and O–H groups in total. The zero-order valence-electron chi connectivity index (χ0n) is 12.3. The molecule has 0 spiro atoms. The molecule has 2 rings (SSSR count). The van der Waals surface area contributed by atoms with Crippen LogP contribution in [0.5, 0.6) is 5.75 Å². The second-order valence-electron chi connectivity index (χ2n) is 4.27. The Kier molecular flexibility index (Phi) is 5.60. The summed E-state index contributed by atoms with van der Waals surface area (Å²) in [5.41, 5.74) is 1.20. The van der Waals surface area contributed by atoms with E-state index in [2.05, 4.69) is 9.97 Å². The third-order valence-electron chi connectivity index (χ3n) is 2.81. The van der Waals surface area contributed by atoms with Gasteiger partial charge in [0.15, 0.2) is 17.8 Å². The van der Waals surface area contributed by atoms with Crippen LogP contribution in [0.15, 0.2) is 29.3 Å². The van der Waals surface area contributed by atoms with Gasteiger partial charge >= 0.3 is 5.97 Å². The maximum atomic E-state index is 11.8. The lowest BCUT2D eigenvalue weighted by Crippen LogP contribution is -2.06. The van der Waals surface area contributed by atoms with Crippen molar-refractivity contribution in [2.75, 3.05) is 13.7 Å². The van der Waals surface area contributed by atoms with E-state index in [-0.39, 0.29) is 18.1 Å². The molecule has 0 aliphatic heterocycles. The lowest BCUT2D eigenvalue weighted by molar-refractivity contribution is 0.0515. The van der Waals surface area contributed by atoms with Crippen LogP contribution in [-0.4, -0.2) is 35.9 Å². The van der Waals surface area contributed by atoms with Crippen molar-refractivity contribution in [3.63, 3.8) is 0 Å². The Hall–Kier alpha value is -2.28. The van der Waals surface area contributed by atoms with Gasteiger partial charge in [0.1, 0.15) is 10.8 Å². The fourth-order valence-corrected chi connectivity index (χ4v) is 2.70. The van der Waals surface area contributed by atoms with E-state index in [9.17, 15) is 9.59 Å². The van der Waals surface area contributed by atoms with Gasteiger partial charge in [-0.05, 0) is 24.6 Å². The Labute approximate surface area is 132 Å². The normalized spacial score (nSPS) is 10.3. The van der Waals surface area contributed by atoms with Gasteiger partial charge in [0.2, 0.25) is 0 Å². The predicted octanol–water partition coefficient (Wildman–Crippen LogP) is 2.70. The molecule has 0 amide bonds. The number of carbonyl (C=O) groups excluding carboxylic acids is 2. The molecule has 22 heavy (non-hydrogen) atoms. The van der Waals surface area contributed by atoms with Crippen LogP contribution in [0.4, 0.5) is 0 Å². The Bertz CT molecular complexity index is 652. The van der Waals surface area contributed by atoms with E-state index in [1.807, 2.05) is 24.3 Å². The number of nitrogens with zero attached hydrogens (tertiary/aromatic N) is 1. The zero-order chi connectivity index (χ0) is 15.9. The molecule has 0 aliphatic rings. The number of hydrogen-bond donors (Lipinski definition) is 1. The predicted molar refractivity (Wildman–Crippen MR) is 82.5 cm³/mol. The number of nitrogens with one attached hydrogen (secondary N) is 1. The number of rotatable bonds is 7. The molecule has 0 bridgehead atoms. The van der Waals surface area contributed by atoms with Crippen LogP contribution in [0.2, 0.25) is 0 Å². The fraction of sp³-hybridized carbons (Fsp3) is 0.267. The van der Waals surface area contributed by atoms with E-state index in [0.29, 0.717) is 17.1 Å². The zero-order valence-corrected chi connectivity index (χ0v) is 13.1. The van der Waals surface area contributed by atoms with Gasteiger partial charge in [-0.15, -0.1) is 11.8 Å². The number of H-pyrrole nitrogens is 1. The number of aromatic nitrogens is 2. The number of benzene rings is 1. The summed E-state index contributed by atoms with van der Waals surface area (Å²) in [6.45, 7) is 1.97. The third kappa shape index (κ3) is 3.88. The Balaban J connectivity index is 2.12. The van der Waals surface area contributed by atoms with Crippen LogP contribution in [0.3, 0.4) is 0 Å². The lowest BCUT2D eigenvalue weighted by Gasteiger charge is -2.04. The van der Waals surface area contributed by atoms with Gasteiger partial charge in [0, 0.05) is 5.75 Å². The summed E-state index contributed by atoms with van der Waals surface area (Å²) in [7, 11) is 1.61. The molecule has 7 heteroatoms. The second kappa shape index (κ2) is 7.65. The van der Waals surface area contributed by atoms with E-state index < -0.39 is 5.97 Å². The summed E-state index contributed by atoms with van der Waals surface area (Å²) in [4.78, 5) is 29.4. The van der Waals surface area contributed by atoms with Crippen molar-refractivity contribution < 1.29 is 19.1 Å². The largest absolute Gasteiger partial charge is 0.497 e. The molecular weight excluding hydrogens is 304 g/mol. The third-order valence-corrected chi connectivity index (χ3v) is 3.87. The molecular formula is C15H16N2O4S. The first-order valence-electron chi connectivity index (χ1n) is 6.66. The van der Waals surface area contributed by atoms with Crippen molar-refractivity contribution in [2.24, 2.45) is 0 Å². The Morgan fingerprint density at radius 1 is 1.36 bits per heavy atom. The monoisotopic (exact) mass is 320 g/mol. The molecule has 1 aromatic heterocycles. The summed E-state index contributed by atoms with van der Waals surface area (Å²) in [5.74, 6) is 0.978. The first-order valence-corrected chi connectivity index (χ1v) is 7.64. The SMILES string of the molecule is CCOC(=O)c1nc(C=O)[nH]c1SCc1ccc(OC)cc1. The number of methoxy groups -OCH3 is 1. The summed E-state index contributed by atoms with van der Waals surface area (Å²) in [6.07, 6.45) is 0.570. The van der Waals surface area contributed by atoms with Gasteiger partial charge in [0.25, 0.3) is 0 Å². The number of aldehydes is 1. The highest BCUT2D eigenvalue weighted by Gasteiger charge is 2.19. The van der Waals surface area contributed by atoms with Gasteiger partial charge in [-0.3, -0.25) is 4.79 Å². The minimum absolute atomic E-state index is 0.111. The van der Waals surface area contributed by atoms with Gasteiger partial charge in [-0.25, -0.2) is 9.78 Å². The van der Waals surface area contributed by atoms with Crippen LogP contribution in [0.25, 0.3) is 0 Å². The Morgan fingerprint density at radius 2 is 2.09 bits per heavy atom. The fourth-order valence-electron chi connectivity index (χ4n) is 1.75. The summed E-state index contributed by atoms with van der Waals surface area (Å²) >= 11 is 1.39. The number of esters is 1. The smallest absolute Gasteiger partial charge is 0.359 e. The van der Waals surface area contributed by atoms with Crippen molar-refractivity contribution in [1.82, 2.24) is 9.97 Å². The van der Waals surface area contributed by atoms with Crippen molar-refractivity contribution >= 4 is 24.0 Å². The molecule has 2 aromatic rings. The van der Waals surface area contributed by atoms with Gasteiger partial charge in [-0.2, -0.15) is 0 Å². The molecule has 0 aliphatic carbocycles. The van der Waals surface area contributed by atoms with E-state index in [1.54, 1.807) is 14.0 Å². The average molecular weight is 320 g/mol. The lowest BCUT2D eigenvalue weighted by atomic mass is 10.2. The number of hydrogen-bond acceptors (Lipinski definition) is 6. The molecule has 0 fully saturated rings. The molecule has 0 radical (unpaired) electrons. The number of aromatic amines is 1. The van der Waals surface area contributed by atoms with Crippen LogP contribution in [-0.2, 0) is 10.5 Å². The summed E-state index contributed by atoms with van der Waals surface area (Å²) in [6, 6.07) is 7.61. The van der Waals surface area contributed by atoms with Crippen LogP contribution in [0.1, 0.15) is 33.6 Å². The standard InChI is InChI=1S/C15H16N2O4S/c1-3-21-15(19)13-14(17-12(8-18)16-13)22-9-10-4-6-11(20-2)7-5-10/h4-8H,3,9H2,1-2H3,(H,16,17). The van der Waals surface area contributed by atoms with E-state index in [0.717, 1.165) is 11.3 Å². The van der Waals surface area contributed by atoms with Crippen molar-refractivity contribution in [3.05, 3.63) is 41.3 Å². The topological polar surface area (TPSA) is 81.3 Å². The van der Waals surface area contributed by atoms with E-state index in [4.69, 9.17) is 9.47 Å². The number of thioether (sulfide) groups is 1. The molecule has 116 valence electrons. The second-order valence-corrected chi connectivity index (χ2v) is 5.26. The van der Waals surface area contributed by atoms with Gasteiger partial charge in [-0.1, -0.05) is 12.1 Å². The molecule has 6 nitrogen and oxygen atoms in total. The summed E-state index contributed by atoms with van der Waals surface area (Å²) < 4.78 is 10.0. The maximum absolute atomic E-state index is 11.8. The van der Waals surface area contributed by atoms with Crippen molar-refractivity contribution in [1.29, 1.82) is 0 Å². The van der Waals surface area contributed by atoms with E-state index in [1.165, 1.54) is 11.8 Å². The average Bonchev–Trinajstić information content (AvgIpc) is 2.97. The van der Waals surface area contributed by atoms with Gasteiger partial charge < -0.3 is 14.5 Å². The molecule has 0 saturated heterocycles. The van der Waals surface area contributed by atoms with Crippen LogP contribution in [0, 0.1) is 0 Å². The highest BCUT2D eigenvalue weighted by molar-refractivity contribution is 7.98. The van der Waals surface area contributed by atoms with E-state index >= 15 is 0 Å². The summed E-state index contributed by atoms with van der Waals surface area (Å²) in [5, 5.41) is 0.524. The minimum atomic E-state index is -0.538. The highest BCUT2D eigenvalue weighted by atomic mass is 32.2. The first kappa shape index (κ1) is 16.1. The molecule has 0 saturated carbocycles. The number of imidazole rings is 1. The van der Waals surface area contributed by atoms with Gasteiger partial charge in [0.05, 0.1) is 13.7 Å². The number of ether oxygens (including phenoxy) is 2. The molecule has 0 unspecified atom stereocenters. The number of carbonyl (C=O) groups is 2. The van der Waals surface area contributed by atoms with Crippen LogP contribution >= 0.6 is 11.8 Å². The molecule has 0 atom stereocenters. The van der Waals surface area contributed by atoms with Crippen LogP contribution < -0.4 is 4.74 Å². The molecule has 1 aromatic carbocycles. The Morgan fingerprint density at radius 3 is 2.68 bits per heavy atom. The van der Waals surface area contributed by atoms with Crippen molar-refractivity contribution in [3.8, 4) is 5.75 Å². The quantitative estimate of drug-likeness (QED) is 0.480. The maximum Gasteiger partial charge on any atom is 0.359 e.